The molecule has 0 unspecified atom stereocenters. The minimum Gasteiger partial charge on any atom is -0.423 e. The highest BCUT2D eigenvalue weighted by Gasteiger charge is 2.12. The summed E-state index contributed by atoms with van der Waals surface area (Å²) in [5.74, 6) is -0.788. The third-order valence-corrected chi connectivity index (χ3v) is 4.47. The fourth-order valence-corrected chi connectivity index (χ4v) is 2.86. The van der Waals surface area contributed by atoms with E-state index in [2.05, 4.69) is 10.5 Å². The molecule has 0 saturated heterocycles. The number of nitro benzene ring substituents is 1. The molecule has 0 spiro atoms. The molecule has 0 heterocycles. The van der Waals surface area contributed by atoms with Crippen LogP contribution < -0.4 is 10.2 Å². The summed E-state index contributed by atoms with van der Waals surface area (Å²) < 4.78 is 5.24. The Balaban J connectivity index is 1.57. The van der Waals surface area contributed by atoms with Crippen LogP contribution in [-0.2, 0) is 0 Å². The molecule has 0 bridgehead atoms. The first-order valence-electron chi connectivity index (χ1n) is 9.00. The van der Waals surface area contributed by atoms with Crippen molar-refractivity contribution in [2.24, 2.45) is 5.10 Å². The number of amides is 1. The zero-order valence-corrected chi connectivity index (χ0v) is 17.0. The van der Waals surface area contributed by atoms with Crippen molar-refractivity contribution < 1.29 is 19.2 Å². The number of non-ortho nitro benzene ring substituents is 1. The number of nitrogens with one attached hydrogen (secondary N) is 1. The van der Waals surface area contributed by atoms with E-state index in [9.17, 15) is 19.7 Å². The van der Waals surface area contributed by atoms with Gasteiger partial charge in [-0.25, -0.2) is 10.2 Å². The Labute approximate surface area is 182 Å². The second-order valence-electron chi connectivity index (χ2n) is 6.44. The number of rotatable bonds is 6. The second-order valence-corrected chi connectivity index (χ2v) is 6.85. The Morgan fingerprint density at radius 1 is 1.06 bits per heavy atom. The number of nitro groups is 1. The van der Waals surface area contributed by atoms with Crippen molar-refractivity contribution in [3.8, 4) is 5.75 Å². The predicted octanol–water partition coefficient (Wildman–Crippen LogP) is 4.54. The van der Waals surface area contributed by atoms with Crippen molar-refractivity contribution in [3.63, 3.8) is 0 Å². The smallest absolute Gasteiger partial charge is 0.343 e. The quantitative estimate of drug-likeness (QED) is 0.200. The van der Waals surface area contributed by atoms with Crippen LogP contribution in [0, 0.1) is 17.0 Å². The standard InChI is InChI=1S/C22H16ClN3O5/c1-14-2-11-19(20(23)12-14)21(27)25-24-13-15-3-9-18(10-4-15)31-22(28)16-5-7-17(8-6-16)26(29)30/h2-13H,1H3,(H,25,27). The topological polar surface area (TPSA) is 111 Å². The van der Waals surface area contributed by atoms with E-state index in [1.165, 1.54) is 30.5 Å². The van der Waals surface area contributed by atoms with Crippen molar-refractivity contribution in [3.05, 3.63) is 104 Å². The van der Waals surface area contributed by atoms with E-state index in [4.69, 9.17) is 16.3 Å². The van der Waals surface area contributed by atoms with Gasteiger partial charge < -0.3 is 4.74 Å². The largest absolute Gasteiger partial charge is 0.423 e. The van der Waals surface area contributed by atoms with E-state index in [1.54, 1.807) is 42.5 Å². The van der Waals surface area contributed by atoms with Gasteiger partial charge in [0.15, 0.2) is 0 Å². The molecule has 1 amide bonds. The molecule has 3 aromatic carbocycles. The van der Waals surface area contributed by atoms with Crippen molar-refractivity contribution in [1.82, 2.24) is 5.43 Å². The maximum atomic E-state index is 12.1. The number of esters is 1. The van der Waals surface area contributed by atoms with Gasteiger partial charge in [0.05, 0.1) is 27.3 Å². The monoisotopic (exact) mass is 437 g/mol. The van der Waals surface area contributed by atoms with Gasteiger partial charge in [0.1, 0.15) is 5.75 Å². The highest BCUT2D eigenvalue weighted by molar-refractivity contribution is 6.33. The molecular formula is C22H16ClN3O5. The van der Waals surface area contributed by atoms with E-state index >= 15 is 0 Å². The van der Waals surface area contributed by atoms with Crippen LogP contribution in [-0.4, -0.2) is 23.0 Å². The molecule has 0 radical (unpaired) electrons. The first-order valence-corrected chi connectivity index (χ1v) is 9.37. The Kier molecular flexibility index (Phi) is 6.74. The van der Waals surface area contributed by atoms with E-state index < -0.39 is 16.8 Å². The summed E-state index contributed by atoms with van der Waals surface area (Å²) >= 11 is 6.06. The molecule has 0 aliphatic carbocycles. The van der Waals surface area contributed by atoms with Crippen LogP contribution in [0.3, 0.4) is 0 Å². The molecule has 3 rings (SSSR count). The molecule has 8 nitrogen and oxygen atoms in total. The van der Waals surface area contributed by atoms with Gasteiger partial charge in [-0.2, -0.15) is 5.10 Å². The molecule has 0 aliphatic heterocycles. The number of hydrogen-bond acceptors (Lipinski definition) is 6. The van der Waals surface area contributed by atoms with E-state index in [1.807, 2.05) is 6.92 Å². The maximum Gasteiger partial charge on any atom is 0.343 e. The number of nitrogens with zero attached hydrogens (tertiary/aromatic N) is 2. The Morgan fingerprint density at radius 3 is 2.35 bits per heavy atom. The first-order chi connectivity index (χ1) is 14.8. The van der Waals surface area contributed by atoms with Crippen LogP contribution in [0.15, 0.2) is 71.8 Å². The lowest BCUT2D eigenvalue weighted by Gasteiger charge is -2.05. The summed E-state index contributed by atoms with van der Waals surface area (Å²) in [6, 6.07) is 16.6. The SMILES string of the molecule is Cc1ccc(C(=O)NN=Cc2ccc(OC(=O)c3ccc([N+](=O)[O-])cc3)cc2)c(Cl)c1. The number of carbonyl (C=O) groups is 2. The molecule has 0 atom stereocenters. The molecule has 31 heavy (non-hydrogen) atoms. The number of hydrazone groups is 1. The van der Waals surface area contributed by atoms with Gasteiger partial charge in [0.25, 0.3) is 11.6 Å². The lowest BCUT2D eigenvalue weighted by Crippen LogP contribution is -2.18. The average molecular weight is 438 g/mol. The molecule has 1 N–H and O–H groups in total. The fourth-order valence-electron chi connectivity index (χ4n) is 2.54. The van der Waals surface area contributed by atoms with E-state index in [-0.39, 0.29) is 17.0 Å². The summed E-state index contributed by atoms with van der Waals surface area (Å²) in [6.45, 7) is 1.87. The zero-order chi connectivity index (χ0) is 22.4. The third kappa shape index (κ3) is 5.74. The van der Waals surface area contributed by atoms with Crippen LogP contribution in [0.4, 0.5) is 5.69 Å². The Morgan fingerprint density at radius 2 is 1.74 bits per heavy atom. The molecule has 0 aliphatic rings. The average Bonchev–Trinajstić information content (AvgIpc) is 2.75. The van der Waals surface area contributed by atoms with E-state index in [0.29, 0.717) is 16.1 Å². The third-order valence-electron chi connectivity index (χ3n) is 4.15. The van der Waals surface area contributed by atoms with Crippen molar-refractivity contribution >= 4 is 35.4 Å². The number of ether oxygens (including phenoxy) is 1. The van der Waals surface area contributed by atoms with Gasteiger partial charge in [-0.15, -0.1) is 0 Å². The van der Waals surface area contributed by atoms with Crippen LogP contribution in [0.25, 0.3) is 0 Å². The lowest BCUT2D eigenvalue weighted by atomic mass is 10.1. The molecule has 9 heteroatoms. The lowest BCUT2D eigenvalue weighted by molar-refractivity contribution is -0.384. The van der Waals surface area contributed by atoms with Gasteiger partial charge in [0, 0.05) is 12.1 Å². The van der Waals surface area contributed by atoms with Gasteiger partial charge in [-0.1, -0.05) is 17.7 Å². The summed E-state index contributed by atoms with van der Waals surface area (Å²) in [6.07, 6.45) is 1.43. The highest BCUT2D eigenvalue weighted by atomic mass is 35.5. The number of benzene rings is 3. The first kappa shape index (κ1) is 21.7. The molecule has 3 aromatic rings. The second kappa shape index (κ2) is 9.64. The molecule has 0 fully saturated rings. The van der Waals surface area contributed by atoms with Crippen LogP contribution in [0.1, 0.15) is 31.8 Å². The number of carbonyl (C=O) groups excluding carboxylic acids is 2. The fraction of sp³-hybridized carbons (Fsp3) is 0.0455. The van der Waals surface area contributed by atoms with Gasteiger partial charge in [-0.3, -0.25) is 14.9 Å². The maximum absolute atomic E-state index is 12.1. The summed E-state index contributed by atoms with van der Waals surface area (Å²) in [4.78, 5) is 34.4. The normalized spacial score (nSPS) is 10.6. The van der Waals surface area contributed by atoms with Crippen molar-refractivity contribution in [2.75, 3.05) is 0 Å². The van der Waals surface area contributed by atoms with Crippen molar-refractivity contribution in [2.45, 2.75) is 6.92 Å². The highest BCUT2D eigenvalue weighted by Crippen LogP contribution is 2.18. The zero-order valence-electron chi connectivity index (χ0n) is 16.2. The van der Waals surface area contributed by atoms with Crippen LogP contribution >= 0.6 is 11.6 Å². The molecular weight excluding hydrogens is 422 g/mol. The molecule has 0 saturated carbocycles. The number of hydrogen-bond donors (Lipinski definition) is 1. The van der Waals surface area contributed by atoms with Gasteiger partial charge >= 0.3 is 5.97 Å². The van der Waals surface area contributed by atoms with Gasteiger partial charge in [-0.05, 0) is 66.6 Å². The Bertz CT molecular complexity index is 1160. The molecule has 0 aromatic heterocycles. The van der Waals surface area contributed by atoms with Crippen LogP contribution in [0.2, 0.25) is 5.02 Å². The van der Waals surface area contributed by atoms with E-state index in [0.717, 1.165) is 5.56 Å². The minimum absolute atomic E-state index is 0.114. The van der Waals surface area contributed by atoms with Gasteiger partial charge in [0.2, 0.25) is 0 Å². The summed E-state index contributed by atoms with van der Waals surface area (Å²) in [7, 11) is 0. The summed E-state index contributed by atoms with van der Waals surface area (Å²) in [5.41, 5.74) is 4.40. The number of aryl methyl sites for hydroxylation is 1. The number of halogens is 1. The van der Waals surface area contributed by atoms with Crippen LogP contribution in [0.5, 0.6) is 5.75 Å². The summed E-state index contributed by atoms with van der Waals surface area (Å²) in [5, 5.41) is 14.9. The Hall–Kier alpha value is -4.04. The molecule has 156 valence electrons. The van der Waals surface area contributed by atoms with Crippen molar-refractivity contribution in [1.29, 1.82) is 0 Å². The predicted molar refractivity (Wildman–Crippen MR) is 116 cm³/mol. The minimum atomic E-state index is -0.640.